The van der Waals surface area contributed by atoms with E-state index in [-0.39, 0.29) is 11.5 Å². The first kappa shape index (κ1) is 13.0. The fourth-order valence-corrected chi connectivity index (χ4v) is 1.66. The van der Waals surface area contributed by atoms with Crippen LogP contribution in [0.25, 0.3) is 0 Å². The van der Waals surface area contributed by atoms with Gasteiger partial charge in [-0.25, -0.2) is 0 Å². The Morgan fingerprint density at radius 1 is 1.16 bits per heavy atom. The minimum atomic E-state index is -0.292. The number of nitrogens with one attached hydrogen (secondary N) is 2. The van der Waals surface area contributed by atoms with E-state index >= 15 is 0 Å². The summed E-state index contributed by atoms with van der Waals surface area (Å²) in [5.74, 6) is -0.269. The molecular weight excluding hydrogens is 242 g/mol. The number of aromatic amines is 1. The summed E-state index contributed by atoms with van der Waals surface area (Å²) in [6.07, 6.45) is 1.45. The van der Waals surface area contributed by atoms with Crippen LogP contribution in [0.1, 0.15) is 21.5 Å². The van der Waals surface area contributed by atoms with Gasteiger partial charge in [-0.3, -0.25) is 9.59 Å². The lowest BCUT2D eigenvalue weighted by molar-refractivity contribution is 0.0950. The van der Waals surface area contributed by atoms with Crippen LogP contribution in [0.15, 0.2) is 47.4 Å². The minimum absolute atomic E-state index is 0.269. The summed E-state index contributed by atoms with van der Waals surface area (Å²) in [5.41, 5.74) is 7.60. The first-order valence-corrected chi connectivity index (χ1v) is 5.94. The Morgan fingerprint density at radius 2 is 1.84 bits per heavy atom. The Balaban J connectivity index is 1.98. The summed E-state index contributed by atoms with van der Waals surface area (Å²) in [4.78, 5) is 25.4. The number of aromatic nitrogens is 1. The molecule has 2 rings (SSSR count). The Labute approximate surface area is 110 Å². The molecule has 0 fully saturated rings. The molecule has 0 saturated heterocycles. The van der Waals surface area contributed by atoms with E-state index in [1.54, 1.807) is 6.07 Å². The molecule has 1 heterocycles. The zero-order valence-corrected chi connectivity index (χ0v) is 10.3. The molecule has 0 aliphatic carbocycles. The molecular formula is C14H15N3O2. The standard InChI is InChI=1S/C14H15N3O2/c15-8-10-1-3-11(4-2-10)9-17-14(19)12-5-6-16-13(18)7-12/h1-7H,8-9,15H2,(H,16,18)(H,17,19). The SMILES string of the molecule is NCc1ccc(CNC(=O)c2cc[nH]c(=O)c2)cc1. The maximum absolute atomic E-state index is 11.8. The predicted octanol–water partition coefficient (Wildman–Crippen LogP) is 0.764. The van der Waals surface area contributed by atoms with Crippen molar-refractivity contribution in [2.75, 3.05) is 0 Å². The number of H-pyrrole nitrogens is 1. The highest BCUT2D eigenvalue weighted by molar-refractivity contribution is 5.93. The highest BCUT2D eigenvalue weighted by Gasteiger charge is 2.05. The number of nitrogens with two attached hydrogens (primary N) is 1. The van der Waals surface area contributed by atoms with Gasteiger partial charge in [0.15, 0.2) is 0 Å². The van der Waals surface area contributed by atoms with Gasteiger partial charge in [-0.1, -0.05) is 24.3 Å². The number of amides is 1. The number of hydrogen-bond acceptors (Lipinski definition) is 3. The van der Waals surface area contributed by atoms with Crippen LogP contribution >= 0.6 is 0 Å². The van der Waals surface area contributed by atoms with Crippen LogP contribution in [0.3, 0.4) is 0 Å². The average Bonchev–Trinajstić information content (AvgIpc) is 2.45. The normalized spacial score (nSPS) is 10.2. The topological polar surface area (TPSA) is 88.0 Å². The van der Waals surface area contributed by atoms with E-state index in [0.717, 1.165) is 11.1 Å². The molecule has 0 unspecified atom stereocenters. The zero-order chi connectivity index (χ0) is 13.7. The van der Waals surface area contributed by atoms with Crippen LogP contribution in [-0.4, -0.2) is 10.9 Å². The molecule has 0 spiro atoms. The van der Waals surface area contributed by atoms with Gasteiger partial charge in [-0.15, -0.1) is 0 Å². The van der Waals surface area contributed by atoms with Crippen molar-refractivity contribution >= 4 is 5.91 Å². The Kier molecular flexibility index (Phi) is 4.10. The number of pyridine rings is 1. The second kappa shape index (κ2) is 5.97. The van der Waals surface area contributed by atoms with E-state index in [0.29, 0.717) is 18.7 Å². The monoisotopic (exact) mass is 257 g/mol. The molecule has 0 bridgehead atoms. The fraction of sp³-hybridized carbons (Fsp3) is 0.143. The number of hydrogen-bond donors (Lipinski definition) is 3. The smallest absolute Gasteiger partial charge is 0.251 e. The fourth-order valence-electron chi connectivity index (χ4n) is 1.66. The molecule has 19 heavy (non-hydrogen) atoms. The Morgan fingerprint density at radius 3 is 2.47 bits per heavy atom. The molecule has 2 aromatic rings. The van der Waals surface area contributed by atoms with Crippen molar-refractivity contribution in [3.05, 3.63) is 69.6 Å². The molecule has 0 radical (unpaired) electrons. The maximum Gasteiger partial charge on any atom is 0.251 e. The molecule has 5 nitrogen and oxygen atoms in total. The van der Waals surface area contributed by atoms with Gasteiger partial charge in [0.25, 0.3) is 5.91 Å². The number of benzene rings is 1. The van der Waals surface area contributed by atoms with Crippen LogP contribution in [0.2, 0.25) is 0 Å². The summed E-state index contributed by atoms with van der Waals surface area (Å²) in [7, 11) is 0. The first-order chi connectivity index (χ1) is 9.19. The van der Waals surface area contributed by atoms with E-state index in [4.69, 9.17) is 5.73 Å². The lowest BCUT2D eigenvalue weighted by Crippen LogP contribution is -2.24. The third-order valence-electron chi connectivity index (χ3n) is 2.75. The Hall–Kier alpha value is -2.40. The van der Waals surface area contributed by atoms with Gasteiger partial charge in [0.1, 0.15) is 0 Å². The lowest BCUT2D eigenvalue weighted by atomic mass is 10.1. The molecule has 0 saturated carbocycles. The van der Waals surface area contributed by atoms with Gasteiger partial charge in [0.05, 0.1) is 0 Å². The van der Waals surface area contributed by atoms with Crippen molar-refractivity contribution in [3.8, 4) is 0 Å². The second-order valence-electron chi connectivity index (χ2n) is 4.14. The van der Waals surface area contributed by atoms with E-state index in [1.807, 2.05) is 24.3 Å². The molecule has 0 aliphatic heterocycles. The van der Waals surface area contributed by atoms with E-state index in [1.165, 1.54) is 12.3 Å². The quantitative estimate of drug-likeness (QED) is 0.755. The van der Waals surface area contributed by atoms with Crippen LogP contribution < -0.4 is 16.6 Å². The third-order valence-corrected chi connectivity index (χ3v) is 2.75. The second-order valence-corrected chi connectivity index (χ2v) is 4.14. The predicted molar refractivity (Wildman–Crippen MR) is 72.6 cm³/mol. The number of carbonyl (C=O) groups is 1. The largest absolute Gasteiger partial charge is 0.348 e. The molecule has 1 aromatic heterocycles. The summed E-state index contributed by atoms with van der Waals surface area (Å²) in [5, 5.41) is 2.76. The van der Waals surface area contributed by atoms with Crippen molar-refractivity contribution in [1.29, 1.82) is 0 Å². The van der Waals surface area contributed by atoms with Crippen molar-refractivity contribution in [2.45, 2.75) is 13.1 Å². The van der Waals surface area contributed by atoms with Gasteiger partial charge >= 0.3 is 0 Å². The molecule has 4 N–H and O–H groups in total. The van der Waals surface area contributed by atoms with Crippen molar-refractivity contribution in [1.82, 2.24) is 10.3 Å². The van der Waals surface area contributed by atoms with Crippen molar-refractivity contribution in [2.24, 2.45) is 5.73 Å². The lowest BCUT2D eigenvalue weighted by Gasteiger charge is -2.06. The number of rotatable bonds is 4. The van der Waals surface area contributed by atoms with Crippen LogP contribution in [0, 0.1) is 0 Å². The van der Waals surface area contributed by atoms with Gasteiger partial charge in [-0.2, -0.15) is 0 Å². The van der Waals surface area contributed by atoms with Crippen molar-refractivity contribution in [3.63, 3.8) is 0 Å². The summed E-state index contributed by atoms with van der Waals surface area (Å²) < 4.78 is 0. The van der Waals surface area contributed by atoms with E-state index in [9.17, 15) is 9.59 Å². The van der Waals surface area contributed by atoms with Gasteiger partial charge in [-0.05, 0) is 17.2 Å². The third kappa shape index (κ3) is 3.53. The molecule has 5 heteroatoms. The van der Waals surface area contributed by atoms with Crippen LogP contribution in [-0.2, 0) is 13.1 Å². The highest BCUT2D eigenvalue weighted by atomic mass is 16.2. The van der Waals surface area contributed by atoms with E-state index < -0.39 is 0 Å². The van der Waals surface area contributed by atoms with Gasteiger partial charge in [0, 0.05) is 30.9 Å². The summed E-state index contributed by atoms with van der Waals surface area (Å²) in [6, 6.07) is 10.5. The average molecular weight is 257 g/mol. The maximum atomic E-state index is 11.8. The molecule has 1 amide bonds. The summed E-state index contributed by atoms with van der Waals surface area (Å²) in [6.45, 7) is 0.913. The molecule has 1 aromatic carbocycles. The molecule has 98 valence electrons. The Bertz CT molecular complexity index is 617. The number of carbonyl (C=O) groups excluding carboxylic acids is 1. The molecule has 0 aliphatic rings. The van der Waals surface area contributed by atoms with E-state index in [2.05, 4.69) is 10.3 Å². The zero-order valence-electron chi connectivity index (χ0n) is 10.3. The van der Waals surface area contributed by atoms with Crippen LogP contribution in [0.5, 0.6) is 0 Å². The molecule has 0 atom stereocenters. The highest BCUT2D eigenvalue weighted by Crippen LogP contribution is 2.04. The van der Waals surface area contributed by atoms with Crippen molar-refractivity contribution < 1.29 is 4.79 Å². The van der Waals surface area contributed by atoms with Gasteiger partial charge in [0.2, 0.25) is 5.56 Å². The summed E-state index contributed by atoms with van der Waals surface area (Å²) >= 11 is 0. The first-order valence-electron chi connectivity index (χ1n) is 5.94. The van der Waals surface area contributed by atoms with Gasteiger partial charge < -0.3 is 16.0 Å². The van der Waals surface area contributed by atoms with Crippen LogP contribution in [0.4, 0.5) is 0 Å². The minimum Gasteiger partial charge on any atom is -0.348 e.